The predicted octanol–water partition coefficient (Wildman–Crippen LogP) is 4.16. The SMILES string of the molecule is Cc1cc(Br)ccc1C(O)c1cccc2c1OCCC2. The van der Waals surface area contributed by atoms with Crippen LogP contribution in [0.2, 0.25) is 0 Å². The number of ether oxygens (including phenoxy) is 1. The number of fused-ring (bicyclic) bond motifs is 1. The molecule has 2 nitrogen and oxygen atoms in total. The lowest BCUT2D eigenvalue weighted by Gasteiger charge is -2.23. The smallest absolute Gasteiger partial charge is 0.128 e. The molecule has 1 heterocycles. The van der Waals surface area contributed by atoms with Crippen LogP contribution in [0.1, 0.15) is 34.8 Å². The van der Waals surface area contributed by atoms with Crippen molar-refractivity contribution >= 4 is 15.9 Å². The molecule has 0 fully saturated rings. The van der Waals surface area contributed by atoms with Crippen molar-refractivity contribution in [1.82, 2.24) is 0 Å². The highest BCUT2D eigenvalue weighted by Gasteiger charge is 2.21. The van der Waals surface area contributed by atoms with Crippen LogP contribution in [0, 0.1) is 6.92 Å². The van der Waals surface area contributed by atoms with E-state index in [2.05, 4.69) is 22.0 Å². The van der Waals surface area contributed by atoms with Crippen molar-refractivity contribution in [2.75, 3.05) is 6.61 Å². The van der Waals surface area contributed by atoms with Gasteiger partial charge >= 0.3 is 0 Å². The highest BCUT2D eigenvalue weighted by molar-refractivity contribution is 9.10. The lowest BCUT2D eigenvalue weighted by molar-refractivity contribution is 0.206. The molecule has 20 heavy (non-hydrogen) atoms. The minimum Gasteiger partial charge on any atom is -0.493 e. The average molecular weight is 333 g/mol. The van der Waals surface area contributed by atoms with Gasteiger partial charge in [-0.1, -0.05) is 40.2 Å². The van der Waals surface area contributed by atoms with E-state index in [1.807, 2.05) is 37.3 Å². The summed E-state index contributed by atoms with van der Waals surface area (Å²) in [4.78, 5) is 0. The fourth-order valence-electron chi connectivity index (χ4n) is 2.74. The molecule has 3 rings (SSSR count). The molecule has 0 bridgehead atoms. The predicted molar refractivity (Wildman–Crippen MR) is 83.2 cm³/mol. The second kappa shape index (κ2) is 5.58. The van der Waals surface area contributed by atoms with Crippen LogP contribution >= 0.6 is 15.9 Å². The fourth-order valence-corrected chi connectivity index (χ4v) is 3.22. The Morgan fingerprint density at radius 1 is 1.20 bits per heavy atom. The number of benzene rings is 2. The Labute approximate surface area is 127 Å². The van der Waals surface area contributed by atoms with Crippen molar-refractivity contribution in [3.8, 4) is 5.75 Å². The van der Waals surface area contributed by atoms with E-state index in [0.29, 0.717) is 0 Å². The van der Waals surface area contributed by atoms with Crippen LogP contribution in [0.15, 0.2) is 40.9 Å². The Balaban J connectivity index is 2.04. The summed E-state index contributed by atoms with van der Waals surface area (Å²) in [5, 5.41) is 10.7. The van der Waals surface area contributed by atoms with Gasteiger partial charge < -0.3 is 9.84 Å². The first kappa shape index (κ1) is 13.7. The van der Waals surface area contributed by atoms with E-state index in [4.69, 9.17) is 4.74 Å². The Hall–Kier alpha value is -1.32. The van der Waals surface area contributed by atoms with Gasteiger partial charge in [0.2, 0.25) is 0 Å². The topological polar surface area (TPSA) is 29.5 Å². The van der Waals surface area contributed by atoms with Crippen LogP contribution < -0.4 is 4.74 Å². The highest BCUT2D eigenvalue weighted by atomic mass is 79.9. The quantitative estimate of drug-likeness (QED) is 0.894. The maximum absolute atomic E-state index is 10.7. The van der Waals surface area contributed by atoms with Crippen molar-refractivity contribution in [2.45, 2.75) is 25.9 Å². The van der Waals surface area contributed by atoms with Crippen molar-refractivity contribution in [2.24, 2.45) is 0 Å². The molecule has 0 aromatic heterocycles. The number of hydrogen-bond acceptors (Lipinski definition) is 2. The summed E-state index contributed by atoms with van der Waals surface area (Å²) in [5.74, 6) is 0.869. The average Bonchev–Trinajstić information content (AvgIpc) is 2.46. The molecule has 1 atom stereocenters. The van der Waals surface area contributed by atoms with Crippen LogP contribution in [0.4, 0.5) is 0 Å². The van der Waals surface area contributed by atoms with Gasteiger partial charge in [0.1, 0.15) is 11.9 Å². The molecule has 0 radical (unpaired) electrons. The molecule has 0 aliphatic carbocycles. The highest BCUT2D eigenvalue weighted by Crippen LogP contribution is 2.36. The number of rotatable bonds is 2. The number of halogens is 1. The summed E-state index contributed by atoms with van der Waals surface area (Å²) in [7, 11) is 0. The third-order valence-electron chi connectivity index (χ3n) is 3.78. The van der Waals surface area contributed by atoms with E-state index in [1.54, 1.807) is 0 Å². The summed E-state index contributed by atoms with van der Waals surface area (Å²) >= 11 is 3.46. The fraction of sp³-hybridized carbons (Fsp3) is 0.294. The van der Waals surface area contributed by atoms with Crippen molar-refractivity contribution in [3.63, 3.8) is 0 Å². The third-order valence-corrected chi connectivity index (χ3v) is 4.28. The van der Waals surface area contributed by atoms with Gasteiger partial charge in [-0.25, -0.2) is 0 Å². The zero-order valence-electron chi connectivity index (χ0n) is 11.4. The molecule has 2 aromatic carbocycles. The molecule has 104 valence electrons. The second-order valence-electron chi connectivity index (χ2n) is 5.19. The van der Waals surface area contributed by atoms with Gasteiger partial charge in [0, 0.05) is 10.0 Å². The molecule has 0 saturated heterocycles. The second-order valence-corrected chi connectivity index (χ2v) is 6.11. The zero-order chi connectivity index (χ0) is 14.1. The minimum atomic E-state index is -0.642. The molecule has 1 N–H and O–H groups in total. The lowest BCUT2D eigenvalue weighted by Crippen LogP contribution is -2.13. The van der Waals surface area contributed by atoms with E-state index >= 15 is 0 Å². The van der Waals surface area contributed by atoms with E-state index in [9.17, 15) is 5.11 Å². The van der Waals surface area contributed by atoms with E-state index in [-0.39, 0.29) is 0 Å². The zero-order valence-corrected chi connectivity index (χ0v) is 13.0. The number of hydrogen-bond donors (Lipinski definition) is 1. The molecular weight excluding hydrogens is 316 g/mol. The van der Waals surface area contributed by atoms with Crippen LogP contribution in [0.25, 0.3) is 0 Å². The Kier molecular flexibility index (Phi) is 3.81. The largest absolute Gasteiger partial charge is 0.493 e. The molecule has 1 aliphatic heterocycles. The van der Waals surface area contributed by atoms with Gasteiger partial charge in [0.05, 0.1) is 6.61 Å². The molecular formula is C17H17BrO2. The van der Waals surface area contributed by atoms with Crippen LogP contribution in [0.3, 0.4) is 0 Å². The van der Waals surface area contributed by atoms with E-state index in [0.717, 1.165) is 46.4 Å². The molecule has 3 heteroatoms. The van der Waals surface area contributed by atoms with Crippen LogP contribution in [0.5, 0.6) is 5.75 Å². The van der Waals surface area contributed by atoms with Crippen LogP contribution in [-0.4, -0.2) is 11.7 Å². The number of aliphatic hydroxyl groups excluding tert-OH is 1. The van der Waals surface area contributed by atoms with Gasteiger partial charge in [0.25, 0.3) is 0 Å². The summed E-state index contributed by atoms with van der Waals surface area (Å²) in [6.45, 7) is 2.75. The first-order valence-corrected chi connectivity index (χ1v) is 7.65. The molecule has 0 spiro atoms. The molecule has 0 amide bonds. The Morgan fingerprint density at radius 2 is 2.05 bits per heavy atom. The molecule has 1 unspecified atom stereocenters. The normalized spacial score (nSPS) is 15.3. The van der Waals surface area contributed by atoms with Gasteiger partial charge in [-0.3, -0.25) is 0 Å². The molecule has 2 aromatic rings. The van der Waals surface area contributed by atoms with Crippen molar-refractivity contribution in [3.05, 3.63) is 63.1 Å². The standard InChI is InChI=1S/C17H17BrO2/c1-11-10-13(18)7-8-14(11)16(19)15-6-2-4-12-5-3-9-20-17(12)15/h2,4,6-8,10,16,19H,3,5,9H2,1H3. The van der Waals surface area contributed by atoms with E-state index in [1.165, 1.54) is 5.56 Å². The number of para-hydroxylation sites is 1. The summed E-state index contributed by atoms with van der Waals surface area (Å²) in [6, 6.07) is 12.0. The van der Waals surface area contributed by atoms with Gasteiger partial charge in [-0.05, 0) is 48.6 Å². The van der Waals surface area contributed by atoms with Gasteiger partial charge in [0.15, 0.2) is 0 Å². The first-order chi connectivity index (χ1) is 9.66. The maximum atomic E-state index is 10.7. The van der Waals surface area contributed by atoms with Crippen molar-refractivity contribution < 1.29 is 9.84 Å². The molecule has 0 saturated carbocycles. The first-order valence-electron chi connectivity index (χ1n) is 6.85. The Bertz CT molecular complexity index is 637. The minimum absolute atomic E-state index is 0.642. The lowest BCUT2D eigenvalue weighted by atomic mass is 9.93. The maximum Gasteiger partial charge on any atom is 0.128 e. The van der Waals surface area contributed by atoms with Gasteiger partial charge in [-0.2, -0.15) is 0 Å². The Morgan fingerprint density at radius 3 is 2.85 bits per heavy atom. The number of aliphatic hydroxyl groups is 1. The summed E-state index contributed by atoms with van der Waals surface area (Å²) < 4.78 is 6.82. The monoisotopic (exact) mass is 332 g/mol. The number of aryl methyl sites for hydroxylation is 2. The van der Waals surface area contributed by atoms with Gasteiger partial charge in [-0.15, -0.1) is 0 Å². The van der Waals surface area contributed by atoms with E-state index < -0.39 is 6.10 Å². The molecule has 1 aliphatic rings. The van der Waals surface area contributed by atoms with Crippen LogP contribution in [-0.2, 0) is 6.42 Å². The summed E-state index contributed by atoms with van der Waals surface area (Å²) in [6.07, 6.45) is 1.43. The summed E-state index contributed by atoms with van der Waals surface area (Å²) in [5.41, 5.74) is 4.06. The third kappa shape index (κ3) is 2.48. The van der Waals surface area contributed by atoms with Crippen molar-refractivity contribution in [1.29, 1.82) is 0 Å².